The molecule has 1 saturated heterocycles. The number of aliphatic hydroxyl groups is 2. The number of nitrogens with one attached hydrogen (secondary N) is 4. The van der Waals surface area contributed by atoms with Crippen molar-refractivity contribution >= 4 is 18.1 Å². The van der Waals surface area contributed by atoms with E-state index in [9.17, 15) is 34.2 Å². The second-order valence-electron chi connectivity index (χ2n) is 9.26. The van der Waals surface area contributed by atoms with Gasteiger partial charge in [-0.05, 0) is 33.6 Å². The molecule has 0 saturated carbocycles. The van der Waals surface area contributed by atoms with E-state index in [4.69, 9.17) is 14.6 Å². The molecule has 2 rings (SSSR count). The average molecular weight is 516 g/mol. The van der Waals surface area contributed by atoms with Crippen LogP contribution >= 0.6 is 0 Å². The maximum absolute atomic E-state index is 12.4. The zero-order valence-electron chi connectivity index (χ0n) is 20.2. The van der Waals surface area contributed by atoms with Gasteiger partial charge in [0.15, 0.2) is 6.23 Å². The number of ether oxygens (including phenoxy) is 2. The van der Waals surface area contributed by atoms with Crippen LogP contribution < -0.4 is 27.2 Å². The minimum atomic E-state index is -1.51. The number of alkyl carbamates (subject to hydrolysis) is 1. The number of aromatic amines is 1. The van der Waals surface area contributed by atoms with E-state index in [1.165, 1.54) is 0 Å². The van der Waals surface area contributed by atoms with Gasteiger partial charge in [-0.1, -0.05) is 0 Å². The second kappa shape index (κ2) is 12.5. The van der Waals surface area contributed by atoms with Crippen molar-refractivity contribution in [3.63, 3.8) is 0 Å². The number of nitrogens with zero attached hydrogens (tertiary/aromatic N) is 1. The predicted octanol–water partition coefficient (Wildman–Crippen LogP) is -1.40. The van der Waals surface area contributed by atoms with Gasteiger partial charge >= 0.3 is 23.8 Å². The van der Waals surface area contributed by atoms with Gasteiger partial charge in [0.2, 0.25) is 0 Å². The number of hydrogen-bond donors (Lipinski definition) is 7. The maximum Gasteiger partial charge on any atom is 0.407 e. The number of carbonyl (C=O) groups is 3. The van der Waals surface area contributed by atoms with E-state index in [0.29, 0.717) is 0 Å². The van der Waals surface area contributed by atoms with Crippen molar-refractivity contribution in [3.05, 3.63) is 33.1 Å². The van der Waals surface area contributed by atoms with Crippen LogP contribution in [0.3, 0.4) is 0 Å². The number of carbonyl (C=O) groups excluding carboxylic acids is 2. The Hall–Kier alpha value is -3.43. The maximum atomic E-state index is 12.4. The van der Waals surface area contributed by atoms with Gasteiger partial charge in [-0.25, -0.2) is 14.4 Å². The molecular formula is C21H33N5O10. The molecule has 0 radical (unpaired) electrons. The quantitative estimate of drug-likeness (QED) is 0.193. The molecule has 15 nitrogen and oxygen atoms in total. The van der Waals surface area contributed by atoms with Crippen LogP contribution in [0.25, 0.3) is 0 Å². The monoisotopic (exact) mass is 515 g/mol. The summed E-state index contributed by atoms with van der Waals surface area (Å²) in [6.07, 6.45) is -4.77. The normalized spacial score (nSPS) is 22.5. The third kappa shape index (κ3) is 8.98. The molecule has 2 heterocycles. The Morgan fingerprint density at radius 3 is 2.47 bits per heavy atom. The van der Waals surface area contributed by atoms with Crippen molar-refractivity contribution < 1.29 is 39.2 Å². The molecule has 7 N–H and O–H groups in total. The molecule has 0 spiro atoms. The molecule has 36 heavy (non-hydrogen) atoms. The Kier molecular flexibility index (Phi) is 10.0. The van der Waals surface area contributed by atoms with Crippen molar-refractivity contribution in [2.45, 2.75) is 76.2 Å². The molecule has 1 aromatic rings. The van der Waals surface area contributed by atoms with Crippen molar-refractivity contribution in [1.82, 2.24) is 25.5 Å². The van der Waals surface area contributed by atoms with Crippen molar-refractivity contribution in [1.29, 1.82) is 0 Å². The molecule has 5 unspecified atom stereocenters. The van der Waals surface area contributed by atoms with Gasteiger partial charge in [0, 0.05) is 37.8 Å². The molecule has 1 aliphatic heterocycles. The van der Waals surface area contributed by atoms with Crippen molar-refractivity contribution in [2.75, 3.05) is 13.1 Å². The van der Waals surface area contributed by atoms with Gasteiger partial charge in [0.1, 0.15) is 23.9 Å². The molecule has 1 fully saturated rings. The SMILES string of the molecule is CC(C)(C)OC(=O)NCCC(CCC(=O)O)NC(=O)NCC1OC(n2ccc(=O)[nH]c2=O)C(O)C1O. The molecule has 5 atom stereocenters. The summed E-state index contributed by atoms with van der Waals surface area (Å²) in [6.45, 7) is 4.99. The van der Waals surface area contributed by atoms with Crippen molar-refractivity contribution in [3.8, 4) is 0 Å². The van der Waals surface area contributed by atoms with Crippen LogP contribution in [0.1, 0.15) is 46.3 Å². The van der Waals surface area contributed by atoms with Gasteiger partial charge in [-0.3, -0.25) is 19.1 Å². The van der Waals surface area contributed by atoms with Crippen LogP contribution in [0.5, 0.6) is 0 Å². The van der Waals surface area contributed by atoms with E-state index in [-0.39, 0.29) is 32.4 Å². The zero-order chi connectivity index (χ0) is 27.0. The zero-order valence-corrected chi connectivity index (χ0v) is 20.2. The lowest BCUT2D eigenvalue weighted by Crippen LogP contribution is -2.47. The molecule has 0 aromatic carbocycles. The largest absolute Gasteiger partial charge is 0.481 e. The lowest BCUT2D eigenvalue weighted by Gasteiger charge is -2.22. The third-order valence-electron chi connectivity index (χ3n) is 5.13. The number of rotatable bonds is 10. The van der Waals surface area contributed by atoms with E-state index in [1.807, 2.05) is 4.98 Å². The standard InChI is InChI=1S/C21H33N5O10/c1-21(2,3)36-20(34)22-8-6-11(4-5-14(28)29)24-18(32)23-10-12-15(30)16(31)17(35-12)26-9-7-13(27)25-19(26)33/h7,9,11-12,15-17,30-31H,4-6,8,10H2,1-3H3,(H,22,34)(H,28,29)(H2,23,24,32)(H,25,27,33). The Morgan fingerprint density at radius 2 is 1.86 bits per heavy atom. The van der Waals surface area contributed by atoms with Crippen LogP contribution in [0.4, 0.5) is 9.59 Å². The highest BCUT2D eigenvalue weighted by molar-refractivity contribution is 5.74. The molecule has 1 aliphatic rings. The molecule has 202 valence electrons. The summed E-state index contributed by atoms with van der Waals surface area (Å²) in [5.41, 5.74) is -2.17. The Balaban J connectivity index is 1.89. The lowest BCUT2D eigenvalue weighted by atomic mass is 10.1. The van der Waals surface area contributed by atoms with Crippen LogP contribution in [-0.2, 0) is 14.3 Å². The Labute approximate surface area is 205 Å². The number of aromatic nitrogens is 2. The Morgan fingerprint density at radius 1 is 1.17 bits per heavy atom. The van der Waals surface area contributed by atoms with Gasteiger partial charge < -0.3 is 40.7 Å². The summed E-state index contributed by atoms with van der Waals surface area (Å²) in [6, 6.07) is -0.251. The first-order chi connectivity index (χ1) is 16.8. The van der Waals surface area contributed by atoms with E-state index < -0.39 is 65.5 Å². The molecular weight excluding hydrogens is 482 g/mol. The fraction of sp³-hybridized carbons (Fsp3) is 0.667. The van der Waals surface area contributed by atoms with Crippen molar-refractivity contribution in [2.24, 2.45) is 0 Å². The first-order valence-electron chi connectivity index (χ1n) is 11.3. The summed E-state index contributed by atoms with van der Waals surface area (Å²) >= 11 is 0. The fourth-order valence-corrected chi connectivity index (χ4v) is 3.43. The number of carboxylic acids is 1. The van der Waals surface area contributed by atoms with Crippen LogP contribution in [-0.4, -0.2) is 86.0 Å². The summed E-state index contributed by atoms with van der Waals surface area (Å²) in [7, 11) is 0. The Bertz CT molecular complexity index is 1030. The minimum Gasteiger partial charge on any atom is -0.481 e. The van der Waals surface area contributed by atoms with E-state index in [2.05, 4.69) is 16.0 Å². The number of hydrogen-bond acceptors (Lipinski definition) is 9. The highest BCUT2D eigenvalue weighted by Crippen LogP contribution is 2.27. The number of amides is 3. The first-order valence-corrected chi connectivity index (χ1v) is 11.3. The molecule has 3 amide bonds. The molecule has 1 aromatic heterocycles. The van der Waals surface area contributed by atoms with E-state index in [1.54, 1.807) is 20.8 Å². The van der Waals surface area contributed by atoms with Gasteiger partial charge in [0.25, 0.3) is 5.56 Å². The second-order valence-corrected chi connectivity index (χ2v) is 9.26. The summed E-state index contributed by atoms with van der Waals surface area (Å²) < 4.78 is 11.6. The number of urea groups is 1. The van der Waals surface area contributed by atoms with E-state index in [0.717, 1.165) is 16.8 Å². The number of H-pyrrole nitrogens is 1. The van der Waals surface area contributed by atoms with Crippen LogP contribution in [0, 0.1) is 0 Å². The summed E-state index contributed by atoms with van der Waals surface area (Å²) in [4.78, 5) is 60.3. The van der Waals surface area contributed by atoms with Gasteiger partial charge in [-0.2, -0.15) is 0 Å². The van der Waals surface area contributed by atoms with Gasteiger partial charge in [0.05, 0.1) is 0 Å². The topological polar surface area (TPSA) is 221 Å². The number of aliphatic carboxylic acids is 1. The smallest absolute Gasteiger partial charge is 0.407 e. The summed E-state index contributed by atoms with van der Waals surface area (Å²) in [5.74, 6) is -1.05. The third-order valence-corrected chi connectivity index (χ3v) is 5.13. The lowest BCUT2D eigenvalue weighted by molar-refractivity contribution is -0.137. The highest BCUT2D eigenvalue weighted by atomic mass is 16.6. The van der Waals surface area contributed by atoms with E-state index >= 15 is 0 Å². The van der Waals surface area contributed by atoms with Crippen LogP contribution in [0.15, 0.2) is 21.9 Å². The number of carboxylic acid groups (broad SMARTS) is 1. The van der Waals surface area contributed by atoms with Gasteiger partial charge in [-0.15, -0.1) is 0 Å². The fourth-order valence-electron chi connectivity index (χ4n) is 3.43. The number of aliphatic hydroxyl groups excluding tert-OH is 2. The predicted molar refractivity (Wildman–Crippen MR) is 123 cm³/mol. The average Bonchev–Trinajstić information content (AvgIpc) is 3.03. The molecule has 0 bridgehead atoms. The molecule has 15 heteroatoms. The first kappa shape index (κ1) is 28.8. The van der Waals surface area contributed by atoms with Crippen LogP contribution in [0.2, 0.25) is 0 Å². The summed E-state index contributed by atoms with van der Waals surface area (Å²) in [5, 5.41) is 37.1. The molecule has 0 aliphatic carbocycles. The highest BCUT2D eigenvalue weighted by Gasteiger charge is 2.44. The minimum absolute atomic E-state index is 0.0945.